The molecule has 0 saturated heterocycles. The first-order valence-corrected chi connectivity index (χ1v) is 8.03. The molecule has 1 aromatic rings. The zero-order valence-corrected chi connectivity index (χ0v) is 12.2. The molecule has 106 valence electrons. The number of hydrogen-bond acceptors (Lipinski definition) is 3. The van der Waals surface area contributed by atoms with E-state index < -0.39 is 16.1 Å². The van der Waals surface area contributed by atoms with Gasteiger partial charge in [-0.25, -0.2) is 17.9 Å². The first kappa shape index (κ1) is 15.8. The second kappa shape index (κ2) is 7.35. The van der Waals surface area contributed by atoms with Crippen molar-refractivity contribution in [1.29, 1.82) is 0 Å². The summed E-state index contributed by atoms with van der Waals surface area (Å²) in [5.74, 6) is -0.0467. The predicted molar refractivity (Wildman–Crippen MR) is 76.9 cm³/mol. The Morgan fingerprint density at radius 3 is 2.42 bits per heavy atom. The summed E-state index contributed by atoms with van der Waals surface area (Å²) in [6, 6.07) is 5.62. The molecule has 0 aliphatic carbocycles. The average molecular weight is 305 g/mol. The van der Waals surface area contributed by atoms with Gasteiger partial charge in [-0.3, -0.25) is 0 Å². The monoisotopic (exact) mass is 304 g/mol. The fraction of sp³-hybridized carbons (Fsp3) is 0.417. The van der Waals surface area contributed by atoms with Gasteiger partial charge in [0.1, 0.15) is 0 Å². The van der Waals surface area contributed by atoms with Gasteiger partial charge in [0.2, 0.25) is 10.0 Å². The highest BCUT2D eigenvalue weighted by Crippen LogP contribution is 2.13. The van der Waals surface area contributed by atoms with E-state index in [0.29, 0.717) is 17.1 Å². The Labute approximate surface area is 118 Å². The van der Waals surface area contributed by atoms with Crippen LogP contribution < -0.4 is 10.0 Å². The molecule has 5 nitrogen and oxygen atoms in total. The highest BCUT2D eigenvalue weighted by Gasteiger charge is 2.13. The highest BCUT2D eigenvalue weighted by atomic mass is 35.5. The van der Waals surface area contributed by atoms with Crippen LogP contribution in [-0.2, 0) is 10.0 Å². The van der Waals surface area contributed by atoms with E-state index in [1.54, 1.807) is 24.3 Å². The lowest BCUT2D eigenvalue weighted by molar-refractivity contribution is 0.256. The molecule has 0 atom stereocenters. The molecule has 0 heterocycles. The summed E-state index contributed by atoms with van der Waals surface area (Å²) in [5.41, 5.74) is 0.477. The van der Waals surface area contributed by atoms with Gasteiger partial charge in [0.05, 0.1) is 5.75 Å². The summed E-state index contributed by atoms with van der Waals surface area (Å²) in [6.45, 7) is 1.98. The number of benzene rings is 1. The molecular formula is C12H17ClN2O3S. The molecule has 0 bridgehead atoms. The van der Waals surface area contributed by atoms with Crippen molar-refractivity contribution in [1.82, 2.24) is 4.72 Å². The van der Waals surface area contributed by atoms with E-state index in [0.717, 1.165) is 12.8 Å². The van der Waals surface area contributed by atoms with E-state index >= 15 is 0 Å². The van der Waals surface area contributed by atoms with Gasteiger partial charge in [-0.2, -0.15) is 0 Å². The largest absolute Gasteiger partial charge is 0.332 e. The molecule has 2 amide bonds. The molecule has 0 spiro atoms. The fourth-order valence-corrected chi connectivity index (χ4v) is 2.57. The van der Waals surface area contributed by atoms with Crippen LogP contribution in [0, 0.1) is 0 Å². The number of rotatable bonds is 6. The lowest BCUT2D eigenvalue weighted by Gasteiger charge is -2.08. The Hall–Kier alpha value is -1.27. The Morgan fingerprint density at radius 2 is 1.84 bits per heavy atom. The first-order valence-electron chi connectivity index (χ1n) is 6.00. The summed E-state index contributed by atoms with van der Waals surface area (Å²) in [4.78, 5) is 11.5. The van der Waals surface area contributed by atoms with E-state index in [2.05, 4.69) is 5.32 Å². The summed E-state index contributed by atoms with van der Waals surface area (Å²) in [7, 11) is -3.57. The number of halogens is 1. The Kier molecular flexibility index (Phi) is 6.11. The van der Waals surface area contributed by atoms with Crippen LogP contribution in [0.3, 0.4) is 0 Å². The van der Waals surface area contributed by atoms with Crippen molar-refractivity contribution >= 4 is 33.3 Å². The van der Waals surface area contributed by atoms with Crippen LogP contribution in [0.25, 0.3) is 0 Å². The third kappa shape index (κ3) is 6.45. The minimum absolute atomic E-state index is 0.0467. The molecule has 0 radical (unpaired) electrons. The van der Waals surface area contributed by atoms with Gasteiger partial charge in [0.15, 0.2) is 0 Å². The van der Waals surface area contributed by atoms with Crippen molar-refractivity contribution in [3.8, 4) is 0 Å². The van der Waals surface area contributed by atoms with E-state index in [-0.39, 0.29) is 5.75 Å². The molecule has 0 aliphatic heterocycles. The van der Waals surface area contributed by atoms with E-state index in [1.807, 2.05) is 11.6 Å². The van der Waals surface area contributed by atoms with Gasteiger partial charge in [0.25, 0.3) is 0 Å². The number of nitrogens with one attached hydrogen (secondary N) is 2. The Bertz CT molecular complexity index is 514. The van der Waals surface area contributed by atoms with Crippen LogP contribution in [0.15, 0.2) is 24.3 Å². The molecule has 0 unspecified atom stereocenters. The van der Waals surface area contributed by atoms with Crippen molar-refractivity contribution in [2.45, 2.75) is 26.2 Å². The van der Waals surface area contributed by atoms with Crippen molar-refractivity contribution in [3.63, 3.8) is 0 Å². The maximum Gasteiger partial charge on any atom is 0.332 e. The zero-order valence-electron chi connectivity index (χ0n) is 10.6. The average Bonchev–Trinajstić information content (AvgIpc) is 2.31. The van der Waals surface area contributed by atoms with Gasteiger partial charge in [-0.1, -0.05) is 31.4 Å². The van der Waals surface area contributed by atoms with Crippen LogP contribution in [0.4, 0.5) is 10.5 Å². The molecule has 19 heavy (non-hydrogen) atoms. The van der Waals surface area contributed by atoms with Gasteiger partial charge in [-0.15, -0.1) is 0 Å². The number of unbranched alkanes of at least 4 members (excludes halogenated alkanes) is 2. The highest BCUT2D eigenvalue weighted by molar-refractivity contribution is 7.90. The van der Waals surface area contributed by atoms with Gasteiger partial charge >= 0.3 is 6.03 Å². The van der Waals surface area contributed by atoms with Gasteiger partial charge < -0.3 is 5.32 Å². The van der Waals surface area contributed by atoms with Crippen molar-refractivity contribution < 1.29 is 13.2 Å². The third-order valence-corrected chi connectivity index (χ3v) is 3.94. The van der Waals surface area contributed by atoms with E-state index in [9.17, 15) is 13.2 Å². The SMILES string of the molecule is CCCCCS(=O)(=O)NC(=O)Nc1ccc(Cl)cc1. The summed E-state index contributed by atoms with van der Waals surface area (Å²) in [5, 5.41) is 2.97. The third-order valence-electron chi connectivity index (χ3n) is 2.37. The number of carbonyl (C=O) groups is 1. The molecule has 0 fully saturated rings. The molecule has 2 N–H and O–H groups in total. The van der Waals surface area contributed by atoms with Crippen LogP contribution in [0.2, 0.25) is 5.02 Å². The maximum atomic E-state index is 11.6. The summed E-state index contributed by atoms with van der Waals surface area (Å²) < 4.78 is 25.1. The van der Waals surface area contributed by atoms with Gasteiger partial charge in [-0.05, 0) is 30.7 Å². The maximum absolute atomic E-state index is 11.6. The normalized spacial score (nSPS) is 11.1. The molecule has 7 heteroatoms. The molecule has 0 aliphatic rings. The number of hydrogen-bond donors (Lipinski definition) is 2. The lowest BCUT2D eigenvalue weighted by Crippen LogP contribution is -2.35. The smallest absolute Gasteiger partial charge is 0.307 e. The number of anilines is 1. The molecular weight excluding hydrogens is 288 g/mol. The van der Waals surface area contributed by atoms with Crippen LogP contribution in [-0.4, -0.2) is 20.2 Å². The van der Waals surface area contributed by atoms with E-state index in [4.69, 9.17) is 11.6 Å². The number of urea groups is 1. The predicted octanol–water partition coefficient (Wildman–Crippen LogP) is 2.98. The van der Waals surface area contributed by atoms with Crippen molar-refractivity contribution in [2.75, 3.05) is 11.1 Å². The number of amides is 2. The first-order chi connectivity index (χ1) is 8.93. The molecule has 0 aromatic heterocycles. The van der Waals surface area contributed by atoms with E-state index in [1.165, 1.54) is 0 Å². The van der Waals surface area contributed by atoms with Crippen molar-refractivity contribution in [3.05, 3.63) is 29.3 Å². The van der Waals surface area contributed by atoms with Crippen LogP contribution in [0.5, 0.6) is 0 Å². The fourth-order valence-electron chi connectivity index (χ4n) is 1.42. The zero-order chi connectivity index (χ0) is 14.3. The van der Waals surface area contributed by atoms with Crippen LogP contribution in [0.1, 0.15) is 26.2 Å². The Balaban J connectivity index is 2.48. The minimum Gasteiger partial charge on any atom is -0.307 e. The second-order valence-electron chi connectivity index (χ2n) is 4.09. The lowest BCUT2D eigenvalue weighted by atomic mass is 10.3. The molecule has 1 aromatic carbocycles. The number of sulfonamides is 1. The standard InChI is InChI=1S/C12H17ClN2O3S/c1-2-3-4-9-19(17,18)15-12(16)14-11-7-5-10(13)6-8-11/h5-8H,2-4,9H2,1H3,(H2,14,15,16). The molecule has 1 rings (SSSR count). The summed E-state index contributed by atoms with van der Waals surface area (Å²) >= 11 is 5.70. The van der Waals surface area contributed by atoms with Crippen molar-refractivity contribution in [2.24, 2.45) is 0 Å². The Morgan fingerprint density at radius 1 is 1.21 bits per heavy atom. The number of carbonyl (C=O) groups excluding carboxylic acids is 1. The quantitative estimate of drug-likeness (QED) is 0.793. The second-order valence-corrected chi connectivity index (χ2v) is 6.37. The topological polar surface area (TPSA) is 75.3 Å². The minimum atomic E-state index is -3.57. The molecule has 0 saturated carbocycles. The van der Waals surface area contributed by atoms with Gasteiger partial charge in [0, 0.05) is 10.7 Å². The summed E-state index contributed by atoms with van der Waals surface area (Å²) in [6.07, 6.45) is 2.28. The van der Waals surface area contributed by atoms with Crippen LogP contribution >= 0.6 is 11.6 Å².